The Hall–Kier alpha value is -1.19. The second-order valence-electron chi connectivity index (χ2n) is 6.77. The van der Waals surface area contributed by atoms with Crippen molar-refractivity contribution in [3.8, 4) is 0 Å². The smallest absolute Gasteiger partial charge is 0.0548 e. The minimum atomic E-state index is 0.131. The van der Waals surface area contributed by atoms with Crippen molar-refractivity contribution in [2.45, 2.75) is 52.7 Å². The molecule has 3 heteroatoms. The molecule has 0 aromatic carbocycles. The van der Waals surface area contributed by atoms with Gasteiger partial charge in [-0.2, -0.15) is 0 Å². The van der Waals surface area contributed by atoms with E-state index in [9.17, 15) is 0 Å². The van der Waals surface area contributed by atoms with E-state index in [4.69, 9.17) is 4.98 Å². The molecule has 1 aliphatic rings. The highest BCUT2D eigenvalue weighted by Crippen LogP contribution is 2.12. The van der Waals surface area contributed by atoms with Crippen molar-refractivity contribution < 1.29 is 0 Å². The summed E-state index contributed by atoms with van der Waals surface area (Å²) in [5.74, 6) is 0. The standard InChI is InChI=1S/C17H27N3/c1-14-7-6-10-20(12-14)13-16-9-5-8-15(19-16)11-18-17(2,3)4/h5,7-9,18H,6,10-13H2,1-4H3. The largest absolute Gasteiger partial charge is 0.306 e. The van der Waals surface area contributed by atoms with E-state index in [1.165, 1.54) is 11.3 Å². The molecule has 0 atom stereocenters. The monoisotopic (exact) mass is 273 g/mol. The number of nitrogens with one attached hydrogen (secondary N) is 1. The summed E-state index contributed by atoms with van der Waals surface area (Å²) in [5.41, 5.74) is 3.91. The Morgan fingerprint density at radius 1 is 1.25 bits per heavy atom. The van der Waals surface area contributed by atoms with E-state index >= 15 is 0 Å². The van der Waals surface area contributed by atoms with E-state index in [1.54, 1.807) is 0 Å². The summed E-state index contributed by atoms with van der Waals surface area (Å²) < 4.78 is 0. The van der Waals surface area contributed by atoms with Crippen LogP contribution in [0.3, 0.4) is 0 Å². The van der Waals surface area contributed by atoms with Gasteiger partial charge in [-0.3, -0.25) is 9.88 Å². The molecule has 2 rings (SSSR count). The second-order valence-corrected chi connectivity index (χ2v) is 6.77. The summed E-state index contributed by atoms with van der Waals surface area (Å²) in [4.78, 5) is 7.24. The Morgan fingerprint density at radius 2 is 2.00 bits per heavy atom. The molecule has 0 unspecified atom stereocenters. The van der Waals surface area contributed by atoms with Crippen LogP contribution in [0, 0.1) is 0 Å². The molecule has 1 aromatic heterocycles. The van der Waals surface area contributed by atoms with Crippen LogP contribution < -0.4 is 5.32 Å². The Bertz CT molecular complexity index is 471. The topological polar surface area (TPSA) is 28.2 Å². The Balaban J connectivity index is 1.94. The molecule has 0 fully saturated rings. The van der Waals surface area contributed by atoms with E-state index in [-0.39, 0.29) is 5.54 Å². The average molecular weight is 273 g/mol. The molecule has 1 aliphatic heterocycles. The number of nitrogens with zero attached hydrogens (tertiary/aromatic N) is 2. The molecule has 1 aromatic rings. The molecule has 0 amide bonds. The predicted molar refractivity (Wildman–Crippen MR) is 84.5 cm³/mol. The van der Waals surface area contributed by atoms with Gasteiger partial charge in [0.25, 0.3) is 0 Å². The minimum Gasteiger partial charge on any atom is -0.306 e. The van der Waals surface area contributed by atoms with Crippen molar-refractivity contribution in [2.75, 3.05) is 13.1 Å². The first-order chi connectivity index (χ1) is 9.42. The van der Waals surface area contributed by atoms with E-state index in [1.807, 2.05) is 0 Å². The lowest BCUT2D eigenvalue weighted by Crippen LogP contribution is -2.35. The van der Waals surface area contributed by atoms with E-state index < -0.39 is 0 Å². The summed E-state index contributed by atoms with van der Waals surface area (Å²) >= 11 is 0. The van der Waals surface area contributed by atoms with Gasteiger partial charge in [0, 0.05) is 31.7 Å². The van der Waals surface area contributed by atoms with E-state index in [0.29, 0.717) is 0 Å². The fourth-order valence-corrected chi connectivity index (χ4v) is 2.43. The molecule has 3 nitrogen and oxygen atoms in total. The fourth-order valence-electron chi connectivity index (χ4n) is 2.43. The molecular weight excluding hydrogens is 246 g/mol. The van der Waals surface area contributed by atoms with Crippen molar-refractivity contribution in [3.05, 3.63) is 41.2 Å². The first-order valence-corrected chi connectivity index (χ1v) is 7.50. The molecule has 1 N–H and O–H groups in total. The predicted octanol–water partition coefficient (Wildman–Crippen LogP) is 3.12. The van der Waals surface area contributed by atoms with Crippen molar-refractivity contribution in [1.29, 1.82) is 0 Å². The third kappa shape index (κ3) is 5.06. The summed E-state index contributed by atoms with van der Waals surface area (Å²) in [6, 6.07) is 6.35. The number of aromatic nitrogens is 1. The highest BCUT2D eigenvalue weighted by Gasteiger charge is 2.12. The van der Waals surface area contributed by atoms with Crippen LogP contribution in [0.1, 0.15) is 45.5 Å². The first-order valence-electron chi connectivity index (χ1n) is 7.50. The second kappa shape index (κ2) is 6.51. The third-order valence-electron chi connectivity index (χ3n) is 3.46. The zero-order valence-corrected chi connectivity index (χ0v) is 13.2. The summed E-state index contributed by atoms with van der Waals surface area (Å²) in [5, 5.41) is 3.49. The number of rotatable bonds is 4. The highest BCUT2D eigenvalue weighted by atomic mass is 15.1. The van der Waals surface area contributed by atoms with Crippen LogP contribution in [0.2, 0.25) is 0 Å². The molecule has 0 aliphatic carbocycles. The maximum atomic E-state index is 4.77. The molecule has 0 saturated heterocycles. The maximum absolute atomic E-state index is 4.77. The van der Waals surface area contributed by atoms with Crippen LogP contribution in [0.5, 0.6) is 0 Å². The van der Waals surface area contributed by atoms with Gasteiger partial charge >= 0.3 is 0 Å². The quantitative estimate of drug-likeness (QED) is 0.854. The molecule has 2 heterocycles. The Morgan fingerprint density at radius 3 is 2.70 bits per heavy atom. The summed E-state index contributed by atoms with van der Waals surface area (Å²) in [7, 11) is 0. The number of hydrogen-bond donors (Lipinski definition) is 1. The zero-order chi connectivity index (χ0) is 14.6. The van der Waals surface area contributed by atoms with Gasteiger partial charge in [0.15, 0.2) is 0 Å². The zero-order valence-electron chi connectivity index (χ0n) is 13.2. The normalized spacial score (nSPS) is 17.1. The molecule has 20 heavy (non-hydrogen) atoms. The average Bonchev–Trinajstić information content (AvgIpc) is 2.36. The van der Waals surface area contributed by atoms with Gasteiger partial charge in [-0.1, -0.05) is 17.7 Å². The van der Waals surface area contributed by atoms with Crippen LogP contribution >= 0.6 is 0 Å². The van der Waals surface area contributed by atoms with Gasteiger partial charge in [-0.15, -0.1) is 0 Å². The van der Waals surface area contributed by atoms with Gasteiger partial charge in [-0.05, 0) is 46.2 Å². The van der Waals surface area contributed by atoms with Gasteiger partial charge in [0.2, 0.25) is 0 Å². The lowest BCUT2D eigenvalue weighted by molar-refractivity contribution is 0.278. The molecule has 0 radical (unpaired) electrons. The molecule has 0 spiro atoms. The summed E-state index contributed by atoms with van der Waals surface area (Å²) in [6.45, 7) is 12.8. The highest BCUT2D eigenvalue weighted by molar-refractivity contribution is 5.13. The lowest BCUT2D eigenvalue weighted by Gasteiger charge is -2.25. The van der Waals surface area contributed by atoms with Gasteiger partial charge in [0.1, 0.15) is 0 Å². The van der Waals surface area contributed by atoms with Gasteiger partial charge < -0.3 is 5.32 Å². The molecule has 0 saturated carbocycles. The number of pyridine rings is 1. The van der Waals surface area contributed by atoms with Crippen molar-refractivity contribution in [2.24, 2.45) is 0 Å². The van der Waals surface area contributed by atoms with Crippen LogP contribution in [0.25, 0.3) is 0 Å². The lowest BCUT2D eigenvalue weighted by atomic mass is 10.1. The maximum Gasteiger partial charge on any atom is 0.0548 e. The molecular formula is C17H27N3. The first kappa shape index (κ1) is 15.2. The summed E-state index contributed by atoms with van der Waals surface area (Å²) in [6.07, 6.45) is 3.50. The van der Waals surface area contributed by atoms with Gasteiger partial charge in [0.05, 0.1) is 11.4 Å². The molecule has 110 valence electrons. The van der Waals surface area contributed by atoms with E-state index in [2.05, 4.69) is 62.2 Å². The van der Waals surface area contributed by atoms with Crippen molar-refractivity contribution in [3.63, 3.8) is 0 Å². The minimum absolute atomic E-state index is 0.131. The van der Waals surface area contributed by atoms with E-state index in [0.717, 1.165) is 38.3 Å². The number of hydrogen-bond acceptors (Lipinski definition) is 3. The van der Waals surface area contributed by atoms with Crippen molar-refractivity contribution in [1.82, 2.24) is 15.2 Å². The molecule has 0 bridgehead atoms. The Labute approximate surface area is 123 Å². The van der Waals surface area contributed by atoms with Crippen LogP contribution in [-0.2, 0) is 13.1 Å². The van der Waals surface area contributed by atoms with Gasteiger partial charge in [-0.25, -0.2) is 0 Å². The SMILES string of the molecule is CC1=CCCN(Cc2cccc(CNC(C)(C)C)n2)C1. The van der Waals surface area contributed by atoms with Crippen LogP contribution in [0.4, 0.5) is 0 Å². The Kier molecular flexibility index (Phi) is 4.95. The third-order valence-corrected chi connectivity index (χ3v) is 3.46. The van der Waals surface area contributed by atoms with Crippen LogP contribution in [0.15, 0.2) is 29.8 Å². The fraction of sp³-hybridized carbons (Fsp3) is 0.588. The van der Waals surface area contributed by atoms with Crippen molar-refractivity contribution >= 4 is 0 Å². The van der Waals surface area contributed by atoms with Crippen LogP contribution in [-0.4, -0.2) is 28.5 Å².